The van der Waals surface area contributed by atoms with Gasteiger partial charge < -0.3 is 10.1 Å². The van der Waals surface area contributed by atoms with Gasteiger partial charge in [0.2, 0.25) is 0 Å². The van der Waals surface area contributed by atoms with Crippen LogP contribution in [-0.4, -0.2) is 28.2 Å². The van der Waals surface area contributed by atoms with Crippen LogP contribution in [0.4, 0.5) is 14.5 Å². The maximum Gasteiger partial charge on any atom is 0.357 e. The van der Waals surface area contributed by atoms with E-state index in [0.29, 0.717) is 5.69 Å². The zero-order valence-corrected chi connectivity index (χ0v) is 14.2. The molecule has 0 unspecified atom stereocenters. The fraction of sp³-hybridized carbons (Fsp3) is 0.105. The highest BCUT2D eigenvalue weighted by Gasteiger charge is 2.21. The molecule has 0 bridgehead atoms. The number of H-pyrrole nitrogens is 1. The first-order valence-corrected chi connectivity index (χ1v) is 8.02. The highest BCUT2D eigenvalue weighted by Crippen LogP contribution is 2.18. The van der Waals surface area contributed by atoms with E-state index in [4.69, 9.17) is 4.74 Å². The summed E-state index contributed by atoms with van der Waals surface area (Å²) in [5, 5.41) is 8.95. The summed E-state index contributed by atoms with van der Waals surface area (Å²) in [6.45, 7) is 1.36. The lowest BCUT2D eigenvalue weighted by Gasteiger charge is -2.13. The molecule has 1 amide bonds. The van der Waals surface area contributed by atoms with E-state index in [-0.39, 0.29) is 11.4 Å². The third-order valence-electron chi connectivity index (χ3n) is 3.71. The van der Waals surface area contributed by atoms with Crippen molar-refractivity contribution in [3.63, 3.8) is 0 Å². The lowest BCUT2D eigenvalue weighted by Crippen LogP contribution is -2.30. The van der Waals surface area contributed by atoms with Crippen LogP contribution in [-0.2, 0) is 9.53 Å². The Morgan fingerprint density at radius 2 is 1.81 bits per heavy atom. The number of ether oxygens (including phenoxy) is 1. The van der Waals surface area contributed by atoms with Crippen LogP contribution in [0.3, 0.4) is 0 Å². The molecule has 1 heterocycles. The number of halogens is 2. The molecule has 2 N–H and O–H groups in total. The quantitative estimate of drug-likeness (QED) is 0.672. The van der Waals surface area contributed by atoms with Crippen molar-refractivity contribution in [1.29, 1.82) is 0 Å². The van der Waals surface area contributed by atoms with Crippen LogP contribution in [0.15, 0.2) is 54.6 Å². The predicted molar refractivity (Wildman–Crippen MR) is 93.9 cm³/mol. The molecule has 0 saturated heterocycles. The fourth-order valence-electron chi connectivity index (χ4n) is 2.28. The molecule has 0 saturated carbocycles. The maximum absolute atomic E-state index is 13.2. The SMILES string of the molecule is C[C@H](OC(=O)c1cc(-c2ccccc2)n[nH]1)C(=O)Nc1ccc(F)c(F)c1. The molecule has 0 spiro atoms. The Morgan fingerprint density at radius 3 is 2.52 bits per heavy atom. The van der Waals surface area contributed by atoms with Gasteiger partial charge in [0.25, 0.3) is 5.91 Å². The van der Waals surface area contributed by atoms with Crippen LogP contribution in [0.5, 0.6) is 0 Å². The van der Waals surface area contributed by atoms with Crippen LogP contribution >= 0.6 is 0 Å². The van der Waals surface area contributed by atoms with Crippen LogP contribution in [0.25, 0.3) is 11.3 Å². The van der Waals surface area contributed by atoms with Crippen LogP contribution in [0, 0.1) is 11.6 Å². The second-order valence-corrected chi connectivity index (χ2v) is 5.70. The number of nitrogens with zero attached hydrogens (tertiary/aromatic N) is 1. The topological polar surface area (TPSA) is 84.1 Å². The monoisotopic (exact) mass is 371 g/mol. The fourth-order valence-corrected chi connectivity index (χ4v) is 2.28. The summed E-state index contributed by atoms with van der Waals surface area (Å²) in [5.41, 5.74) is 1.51. The molecule has 138 valence electrons. The molecule has 0 radical (unpaired) electrons. The molecular weight excluding hydrogens is 356 g/mol. The van der Waals surface area contributed by atoms with Crippen molar-refractivity contribution in [1.82, 2.24) is 10.2 Å². The average molecular weight is 371 g/mol. The molecule has 27 heavy (non-hydrogen) atoms. The minimum Gasteiger partial charge on any atom is -0.448 e. The van der Waals surface area contributed by atoms with Gasteiger partial charge in [-0.05, 0) is 25.1 Å². The van der Waals surface area contributed by atoms with Gasteiger partial charge in [-0.25, -0.2) is 13.6 Å². The number of hydrogen-bond acceptors (Lipinski definition) is 4. The number of esters is 1. The van der Waals surface area contributed by atoms with E-state index in [1.165, 1.54) is 19.1 Å². The largest absolute Gasteiger partial charge is 0.448 e. The summed E-state index contributed by atoms with van der Waals surface area (Å²) in [6.07, 6.45) is -1.16. The van der Waals surface area contributed by atoms with Crippen molar-refractivity contribution >= 4 is 17.6 Å². The number of rotatable bonds is 5. The summed E-state index contributed by atoms with van der Waals surface area (Å²) >= 11 is 0. The molecule has 0 fully saturated rings. The highest BCUT2D eigenvalue weighted by atomic mass is 19.2. The smallest absolute Gasteiger partial charge is 0.357 e. The van der Waals surface area contributed by atoms with E-state index in [1.54, 1.807) is 0 Å². The molecule has 1 aromatic heterocycles. The minimum absolute atomic E-state index is 0.0507. The number of carbonyl (C=O) groups is 2. The van der Waals surface area contributed by atoms with E-state index in [0.717, 1.165) is 17.7 Å². The highest BCUT2D eigenvalue weighted by molar-refractivity contribution is 5.97. The minimum atomic E-state index is -1.16. The number of amides is 1. The Kier molecular flexibility index (Phi) is 5.25. The maximum atomic E-state index is 13.2. The number of carbonyl (C=O) groups excluding carboxylic acids is 2. The van der Waals surface area contributed by atoms with Crippen LogP contribution in [0.1, 0.15) is 17.4 Å². The van der Waals surface area contributed by atoms with Crippen molar-refractivity contribution in [2.45, 2.75) is 13.0 Å². The number of benzene rings is 2. The summed E-state index contributed by atoms with van der Waals surface area (Å²) < 4.78 is 31.2. The third kappa shape index (κ3) is 4.35. The summed E-state index contributed by atoms with van der Waals surface area (Å²) in [6, 6.07) is 13.6. The van der Waals surface area contributed by atoms with Crippen molar-refractivity contribution in [2.24, 2.45) is 0 Å². The molecule has 2 aromatic carbocycles. The molecule has 0 aliphatic carbocycles. The van der Waals surface area contributed by atoms with E-state index < -0.39 is 29.6 Å². The summed E-state index contributed by atoms with van der Waals surface area (Å²) in [7, 11) is 0. The van der Waals surface area contributed by atoms with Crippen molar-refractivity contribution in [3.05, 3.63) is 71.9 Å². The zero-order chi connectivity index (χ0) is 19.4. The van der Waals surface area contributed by atoms with Gasteiger partial charge >= 0.3 is 5.97 Å². The van der Waals surface area contributed by atoms with Crippen LogP contribution < -0.4 is 5.32 Å². The molecule has 0 aliphatic rings. The lowest BCUT2D eigenvalue weighted by molar-refractivity contribution is -0.123. The first-order chi connectivity index (χ1) is 12.9. The Morgan fingerprint density at radius 1 is 1.07 bits per heavy atom. The van der Waals surface area contributed by atoms with Gasteiger partial charge in [0, 0.05) is 17.3 Å². The molecule has 8 heteroatoms. The van der Waals surface area contributed by atoms with Crippen molar-refractivity contribution in [3.8, 4) is 11.3 Å². The van der Waals surface area contributed by atoms with Gasteiger partial charge in [0.15, 0.2) is 17.7 Å². The Balaban J connectivity index is 1.62. The summed E-state index contributed by atoms with van der Waals surface area (Å²) in [5.74, 6) is -3.57. The van der Waals surface area contributed by atoms with Gasteiger partial charge in [-0.3, -0.25) is 9.89 Å². The number of aromatic nitrogens is 2. The van der Waals surface area contributed by atoms with Gasteiger partial charge in [0.1, 0.15) is 5.69 Å². The second kappa shape index (κ2) is 7.77. The van der Waals surface area contributed by atoms with E-state index in [1.807, 2.05) is 30.3 Å². The van der Waals surface area contributed by atoms with E-state index in [9.17, 15) is 18.4 Å². The Hall–Kier alpha value is -3.55. The van der Waals surface area contributed by atoms with E-state index in [2.05, 4.69) is 15.5 Å². The van der Waals surface area contributed by atoms with Gasteiger partial charge in [-0.1, -0.05) is 30.3 Å². The standard InChI is InChI=1S/C19H15F2N3O3/c1-11(18(25)22-13-7-8-14(20)15(21)9-13)27-19(26)17-10-16(23-24-17)12-5-3-2-4-6-12/h2-11H,1H3,(H,22,25)(H,23,24)/t11-/m0/s1. The molecule has 3 rings (SSSR count). The Bertz CT molecular complexity index is 973. The number of anilines is 1. The molecule has 0 aliphatic heterocycles. The molecular formula is C19H15F2N3O3. The van der Waals surface area contributed by atoms with Gasteiger partial charge in [0.05, 0.1) is 5.69 Å². The molecule has 3 aromatic rings. The van der Waals surface area contributed by atoms with E-state index >= 15 is 0 Å². The number of nitrogens with one attached hydrogen (secondary N) is 2. The molecule has 1 atom stereocenters. The Labute approximate surface area is 153 Å². The lowest BCUT2D eigenvalue weighted by atomic mass is 10.1. The van der Waals surface area contributed by atoms with Crippen molar-refractivity contribution in [2.75, 3.05) is 5.32 Å². The van der Waals surface area contributed by atoms with Gasteiger partial charge in [-0.15, -0.1) is 0 Å². The normalized spacial score (nSPS) is 11.7. The number of hydrogen-bond donors (Lipinski definition) is 2. The number of aromatic amines is 1. The van der Waals surface area contributed by atoms with Crippen molar-refractivity contribution < 1.29 is 23.1 Å². The second-order valence-electron chi connectivity index (χ2n) is 5.70. The average Bonchev–Trinajstić information content (AvgIpc) is 3.16. The first kappa shape index (κ1) is 18.2. The zero-order valence-electron chi connectivity index (χ0n) is 14.2. The summed E-state index contributed by atoms with van der Waals surface area (Å²) in [4.78, 5) is 24.2. The van der Waals surface area contributed by atoms with Gasteiger partial charge in [-0.2, -0.15) is 5.10 Å². The molecule has 6 nitrogen and oxygen atoms in total. The first-order valence-electron chi connectivity index (χ1n) is 8.02. The predicted octanol–water partition coefficient (Wildman–Crippen LogP) is 3.54. The van der Waals surface area contributed by atoms with Crippen LogP contribution in [0.2, 0.25) is 0 Å². The third-order valence-corrected chi connectivity index (χ3v) is 3.71.